The average molecular weight is 501 g/mol. The lowest BCUT2D eigenvalue weighted by Gasteiger charge is -2.33. The summed E-state index contributed by atoms with van der Waals surface area (Å²) in [6.45, 7) is 1.01. The third-order valence-corrected chi connectivity index (χ3v) is 8.90. The van der Waals surface area contributed by atoms with Crippen molar-refractivity contribution in [2.24, 2.45) is 0 Å². The highest BCUT2D eigenvalue weighted by atomic mass is 32.2. The smallest absolute Gasteiger partial charge is 0.319 e. The summed E-state index contributed by atoms with van der Waals surface area (Å²) < 4.78 is 29.7. The lowest BCUT2D eigenvalue weighted by atomic mass is 9.93. The summed E-state index contributed by atoms with van der Waals surface area (Å²) in [5.74, 6) is -0.0667. The molecule has 0 spiro atoms. The Balaban J connectivity index is 1.55. The van der Waals surface area contributed by atoms with Gasteiger partial charge in [-0.15, -0.1) is 0 Å². The number of urea groups is 1. The van der Waals surface area contributed by atoms with Crippen molar-refractivity contribution < 1.29 is 18.0 Å². The fraction of sp³-hybridized carbons (Fsp3) is 0.538. The minimum atomic E-state index is -3.81. The fourth-order valence-electron chi connectivity index (χ4n) is 5.27. The highest BCUT2D eigenvalue weighted by Crippen LogP contribution is 2.29. The van der Waals surface area contributed by atoms with Crippen molar-refractivity contribution >= 4 is 32.7 Å². The highest BCUT2D eigenvalue weighted by Gasteiger charge is 2.30. The minimum absolute atomic E-state index is 0.0595. The van der Waals surface area contributed by atoms with Gasteiger partial charge < -0.3 is 14.7 Å². The Hall–Kier alpha value is -2.65. The highest BCUT2D eigenvalue weighted by molar-refractivity contribution is 7.89. The van der Waals surface area contributed by atoms with Crippen LogP contribution < -0.4 is 4.72 Å². The molecule has 3 amide bonds. The van der Waals surface area contributed by atoms with E-state index in [1.807, 2.05) is 24.1 Å². The van der Waals surface area contributed by atoms with Crippen LogP contribution in [0.25, 0.3) is 10.8 Å². The molecule has 1 aliphatic carbocycles. The Labute approximate surface area is 208 Å². The molecule has 0 radical (unpaired) electrons. The van der Waals surface area contributed by atoms with Gasteiger partial charge in [-0.2, -0.15) is 0 Å². The van der Waals surface area contributed by atoms with Crippen LogP contribution in [-0.4, -0.2) is 81.4 Å². The zero-order valence-electron chi connectivity index (χ0n) is 20.9. The van der Waals surface area contributed by atoms with E-state index < -0.39 is 10.0 Å². The largest absolute Gasteiger partial charge is 0.339 e. The number of benzene rings is 2. The molecule has 1 heterocycles. The second kappa shape index (κ2) is 10.5. The van der Waals surface area contributed by atoms with Crippen LogP contribution in [0.2, 0.25) is 0 Å². The van der Waals surface area contributed by atoms with Gasteiger partial charge in [-0.25, -0.2) is 17.9 Å². The van der Waals surface area contributed by atoms with E-state index in [9.17, 15) is 18.0 Å². The lowest BCUT2D eigenvalue weighted by Crippen LogP contribution is -2.49. The van der Waals surface area contributed by atoms with Crippen molar-refractivity contribution in [3.8, 4) is 0 Å². The molecule has 190 valence electrons. The Kier molecular flexibility index (Phi) is 7.66. The first-order chi connectivity index (χ1) is 16.7. The van der Waals surface area contributed by atoms with E-state index >= 15 is 0 Å². The molecule has 2 aliphatic rings. The zero-order valence-corrected chi connectivity index (χ0v) is 21.7. The summed E-state index contributed by atoms with van der Waals surface area (Å²) in [4.78, 5) is 30.8. The Morgan fingerprint density at radius 1 is 0.886 bits per heavy atom. The van der Waals surface area contributed by atoms with Gasteiger partial charge in [0, 0.05) is 57.3 Å². The molecule has 1 N–H and O–H groups in total. The molecular weight excluding hydrogens is 464 g/mol. The first-order valence-electron chi connectivity index (χ1n) is 12.5. The van der Waals surface area contributed by atoms with Crippen molar-refractivity contribution in [3.05, 3.63) is 42.0 Å². The first-order valence-corrected chi connectivity index (χ1v) is 13.9. The van der Waals surface area contributed by atoms with Crippen LogP contribution in [0.4, 0.5) is 4.79 Å². The summed E-state index contributed by atoms with van der Waals surface area (Å²) in [7, 11) is 1.47. The van der Waals surface area contributed by atoms with Gasteiger partial charge in [0.1, 0.15) is 0 Å². The second-order valence-electron chi connectivity index (χ2n) is 9.92. The topological polar surface area (TPSA) is 90.0 Å². The number of likely N-dealkylation sites (tertiary alicyclic amines) is 1. The van der Waals surface area contributed by atoms with E-state index in [1.54, 1.807) is 43.3 Å². The van der Waals surface area contributed by atoms with E-state index in [-0.39, 0.29) is 28.9 Å². The molecule has 9 heteroatoms. The molecule has 2 aromatic rings. The molecule has 4 rings (SSSR count). The van der Waals surface area contributed by atoms with E-state index in [4.69, 9.17) is 0 Å². The fourth-order valence-corrected chi connectivity index (χ4v) is 6.79. The van der Waals surface area contributed by atoms with Crippen LogP contribution in [0.5, 0.6) is 0 Å². The Bertz CT molecular complexity index is 1180. The number of hydrogen-bond acceptors (Lipinski definition) is 4. The maximum atomic E-state index is 13.4. The monoisotopic (exact) mass is 500 g/mol. The van der Waals surface area contributed by atoms with Crippen LogP contribution >= 0.6 is 0 Å². The number of hydrogen-bond donors (Lipinski definition) is 1. The third kappa shape index (κ3) is 5.46. The first kappa shape index (κ1) is 25.4. The number of amides is 3. The van der Waals surface area contributed by atoms with Gasteiger partial charge >= 0.3 is 6.03 Å². The molecule has 1 saturated heterocycles. The maximum Gasteiger partial charge on any atom is 0.319 e. The summed E-state index contributed by atoms with van der Waals surface area (Å²) >= 11 is 0. The molecule has 1 saturated carbocycles. The zero-order chi connectivity index (χ0) is 25.2. The molecule has 8 nitrogen and oxygen atoms in total. The number of nitrogens with zero attached hydrogens (tertiary/aromatic N) is 3. The van der Waals surface area contributed by atoms with Crippen molar-refractivity contribution in [1.82, 2.24) is 19.4 Å². The molecule has 0 atom stereocenters. The summed E-state index contributed by atoms with van der Waals surface area (Å²) in [5.41, 5.74) is 0.531. The number of nitrogens with one attached hydrogen (secondary N) is 1. The molecule has 0 aromatic heterocycles. The van der Waals surface area contributed by atoms with Crippen LogP contribution in [-0.2, 0) is 10.0 Å². The van der Waals surface area contributed by atoms with Gasteiger partial charge in [0.2, 0.25) is 10.0 Å². The van der Waals surface area contributed by atoms with Gasteiger partial charge in [0.25, 0.3) is 5.91 Å². The van der Waals surface area contributed by atoms with E-state index in [1.165, 1.54) is 11.3 Å². The van der Waals surface area contributed by atoms with E-state index in [2.05, 4.69) is 4.72 Å². The summed E-state index contributed by atoms with van der Waals surface area (Å²) in [5, 5.41) is 1.19. The molecule has 2 aromatic carbocycles. The predicted molar refractivity (Wildman–Crippen MR) is 137 cm³/mol. The molecule has 0 unspecified atom stereocenters. The van der Waals surface area contributed by atoms with Crippen molar-refractivity contribution in [1.29, 1.82) is 0 Å². The maximum absolute atomic E-state index is 13.4. The predicted octanol–water partition coefficient (Wildman–Crippen LogP) is 3.67. The Morgan fingerprint density at radius 2 is 1.51 bits per heavy atom. The van der Waals surface area contributed by atoms with Crippen LogP contribution in [0.1, 0.15) is 55.3 Å². The number of carbonyl (C=O) groups is 2. The van der Waals surface area contributed by atoms with E-state index in [0.717, 1.165) is 25.7 Å². The quantitative estimate of drug-likeness (QED) is 0.678. The van der Waals surface area contributed by atoms with Crippen molar-refractivity contribution in [3.63, 3.8) is 0 Å². The molecule has 2 fully saturated rings. The van der Waals surface area contributed by atoms with Crippen LogP contribution in [0.3, 0.4) is 0 Å². The van der Waals surface area contributed by atoms with Gasteiger partial charge in [-0.1, -0.05) is 43.5 Å². The van der Waals surface area contributed by atoms with Crippen LogP contribution in [0, 0.1) is 0 Å². The molecular formula is C26H36N4O4S. The van der Waals surface area contributed by atoms with Crippen LogP contribution in [0.15, 0.2) is 41.3 Å². The molecule has 1 aliphatic heterocycles. The number of piperidine rings is 1. The summed E-state index contributed by atoms with van der Waals surface area (Å²) in [6.07, 6.45) is 6.61. The SMILES string of the molecule is CN(C)C(=O)N1CCC(NS(=O)(=O)c2ccc(C(=O)N(C)C3CCCCC3)c3ccccc23)CC1. The second-order valence-corrected chi connectivity index (χ2v) is 11.6. The minimum Gasteiger partial charge on any atom is -0.339 e. The third-order valence-electron chi connectivity index (χ3n) is 7.32. The normalized spacial score (nSPS) is 18.0. The lowest BCUT2D eigenvalue weighted by molar-refractivity contribution is 0.0698. The average Bonchev–Trinajstić information content (AvgIpc) is 2.87. The number of rotatable bonds is 5. The van der Waals surface area contributed by atoms with Crippen molar-refractivity contribution in [2.75, 3.05) is 34.2 Å². The Morgan fingerprint density at radius 3 is 2.14 bits per heavy atom. The molecule has 35 heavy (non-hydrogen) atoms. The van der Waals surface area contributed by atoms with Gasteiger partial charge in [-0.3, -0.25) is 4.79 Å². The number of sulfonamides is 1. The number of fused-ring (bicyclic) bond motifs is 1. The van der Waals surface area contributed by atoms with Gasteiger partial charge in [0.15, 0.2) is 0 Å². The number of carbonyl (C=O) groups excluding carboxylic acids is 2. The summed E-state index contributed by atoms with van der Waals surface area (Å²) in [6, 6.07) is 10.3. The van der Waals surface area contributed by atoms with Crippen molar-refractivity contribution in [2.45, 2.75) is 61.9 Å². The van der Waals surface area contributed by atoms with Gasteiger partial charge in [-0.05, 0) is 43.2 Å². The molecule has 0 bridgehead atoms. The standard InChI is InChI=1S/C26H36N4O4S/c1-28(2)26(32)30-17-15-19(16-18-30)27-35(33,34)24-14-13-23(21-11-7-8-12-22(21)24)25(31)29(3)20-9-5-4-6-10-20/h7-8,11-14,19-20,27H,4-6,9-10,15-18H2,1-3H3. The van der Waals surface area contributed by atoms with Gasteiger partial charge in [0.05, 0.1) is 4.90 Å². The van der Waals surface area contributed by atoms with E-state index in [0.29, 0.717) is 42.3 Å².